The lowest BCUT2D eigenvalue weighted by atomic mass is 10.0. The molecule has 0 aliphatic carbocycles. The van der Waals surface area contributed by atoms with E-state index in [0.717, 1.165) is 23.2 Å². The summed E-state index contributed by atoms with van der Waals surface area (Å²) in [7, 11) is 0. The van der Waals surface area contributed by atoms with Gasteiger partial charge in [-0.15, -0.1) is 0 Å². The standard InChI is InChI=1S/C20H19FN2O/c1-13-20(16-4-2-3-5-17(16)22-13)18-10-11-19(24)23(18)12-14-6-8-15(21)9-7-14/h2-9,18,22H,10-12H2,1H3/t18-/m0/s1. The number of rotatable bonds is 3. The summed E-state index contributed by atoms with van der Waals surface area (Å²) in [6, 6.07) is 14.7. The maximum absolute atomic E-state index is 13.1. The minimum absolute atomic E-state index is 0.0682. The van der Waals surface area contributed by atoms with E-state index in [4.69, 9.17) is 0 Å². The number of likely N-dealkylation sites (tertiary alicyclic amines) is 1. The first-order chi connectivity index (χ1) is 11.6. The second-order valence-electron chi connectivity index (χ2n) is 6.41. The van der Waals surface area contributed by atoms with Gasteiger partial charge in [0.1, 0.15) is 5.82 Å². The van der Waals surface area contributed by atoms with E-state index in [9.17, 15) is 9.18 Å². The number of para-hydroxylation sites is 1. The van der Waals surface area contributed by atoms with Crippen molar-refractivity contribution in [2.45, 2.75) is 32.4 Å². The number of aromatic amines is 1. The highest BCUT2D eigenvalue weighted by Gasteiger charge is 2.34. The summed E-state index contributed by atoms with van der Waals surface area (Å²) in [6.07, 6.45) is 1.38. The molecule has 1 saturated heterocycles. The van der Waals surface area contributed by atoms with Gasteiger partial charge < -0.3 is 9.88 Å². The fourth-order valence-electron chi connectivity index (χ4n) is 3.75. The lowest BCUT2D eigenvalue weighted by molar-refractivity contribution is -0.129. The summed E-state index contributed by atoms with van der Waals surface area (Å²) in [4.78, 5) is 17.8. The second kappa shape index (κ2) is 5.78. The molecular formula is C20H19FN2O. The van der Waals surface area contributed by atoms with Crippen LogP contribution in [0.3, 0.4) is 0 Å². The highest BCUT2D eigenvalue weighted by molar-refractivity contribution is 5.87. The normalized spacial score (nSPS) is 17.8. The van der Waals surface area contributed by atoms with Crippen molar-refractivity contribution in [2.75, 3.05) is 0 Å². The highest BCUT2D eigenvalue weighted by Crippen LogP contribution is 2.39. The highest BCUT2D eigenvalue weighted by atomic mass is 19.1. The zero-order valence-electron chi connectivity index (χ0n) is 13.6. The number of aromatic nitrogens is 1. The van der Waals surface area contributed by atoms with Gasteiger partial charge in [0.2, 0.25) is 5.91 Å². The van der Waals surface area contributed by atoms with Gasteiger partial charge in [0.05, 0.1) is 6.04 Å². The van der Waals surface area contributed by atoms with Gasteiger partial charge in [-0.3, -0.25) is 4.79 Å². The van der Waals surface area contributed by atoms with Gasteiger partial charge in [0, 0.05) is 35.1 Å². The van der Waals surface area contributed by atoms with Crippen LogP contribution in [0.5, 0.6) is 0 Å². The van der Waals surface area contributed by atoms with Crippen LogP contribution in [0.1, 0.15) is 35.7 Å². The first kappa shape index (κ1) is 14.9. The van der Waals surface area contributed by atoms with Crippen molar-refractivity contribution in [1.29, 1.82) is 0 Å². The van der Waals surface area contributed by atoms with Crippen molar-refractivity contribution in [1.82, 2.24) is 9.88 Å². The van der Waals surface area contributed by atoms with Crippen LogP contribution in [-0.2, 0) is 11.3 Å². The van der Waals surface area contributed by atoms with Gasteiger partial charge in [0.25, 0.3) is 0 Å². The number of amides is 1. The van der Waals surface area contributed by atoms with E-state index in [0.29, 0.717) is 13.0 Å². The van der Waals surface area contributed by atoms with Crippen LogP contribution in [0.15, 0.2) is 48.5 Å². The van der Waals surface area contributed by atoms with Crippen molar-refractivity contribution in [2.24, 2.45) is 0 Å². The molecule has 1 aliphatic heterocycles. The number of nitrogens with zero attached hydrogens (tertiary/aromatic N) is 1. The Morgan fingerprint density at radius 2 is 1.92 bits per heavy atom. The molecule has 1 aromatic heterocycles. The molecule has 24 heavy (non-hydrogen) atoms. The summed E-state index contributed by atoms with van der Waals surface area (Å²) in [5.41, 5.74) is 4.37. The number of nitrogens with one attached hydrogen (secondary N) is 1. The van der Waals surface area contributed by atoms with Gasteiger partial charge in [-0.25, -0.2) is 4.39 Å². The Kier molecular flexibility index (Phi) is 3.60. The molecule has 4 rings (SSSR count). The van der Waals surface area contributed by atoms with Crippen LogP contribution in [0, 0.1) is 12.7 Å². The van der Waals surface area contributed by atoms with Gasteiger partial charge in [-0.1, -0.05) is 30.3 Å². The first-order valence-electron chi connectivity index (χ1n) is 8.24. The molecule has 1 N–H and O–H groups in total. The molecule has 3 nitrogen and oxygen atoms in total. The van der Waals surface area contributed by atoms with E-state index in [1.165, 1.54) is 23.1 Å². The molecule has 2 aromatic carbocycles. The maximum Gasteiger partial charge on any atom is 0.223 e. The van der Waals surface area contributed by atoms with E-state index in [1.807, 2.05) is 17.0 Å². The third-order valence-electron chi connectivity index (χ3n) is 4.87. The zero-order valence-corrected chi connectivity index (χ0v) is 13.6. The number of H-pyrrole nitrogens is 1. The lowest BCUT2D eigenvalue weighted by Crippen LogP contribution is -2.27. The van der Waals surface area contributed by atoms with Crippen molar-refractivity contribution >= 4 is 16.8 Å². The van der Waals surface area contributed by atoms with Gasteiger partial charge in [-0.2, -0.15) is 0 Å². The van der Waals surface area contributed by atoms with Crippen LogP contribution in [0.25, 0.3) is 10.9 Å². The molecule has 122 valence electrons. The van der Waals surface area contributed by atoms with Crippen molar-refractivity contribution in [3.05, 3.63) is 71.2 Å². The smallest absolute Gasteiger partial charge is 0.223 e. The molecular weight excluding hydrogens is 303 g/mol. The minimum atomic E-state index is -0.254. The topological polar surface area (TPSA) is 36.1 Å². The van der Waals surface area contributed by atoms with Crippen LogP contribution in [0.2, 0.25) is 0 Å². The average molecular weight is 322 g/mol. The van der Waals surface area contributed by atoms with E-state index in [-0.39, 0.29) is 17.8 Å². The van der Waals surface area contributed by atoms with E-state index < -0.39 is 0 Å². The van der Waals surface area contributed by atoms with Crippen LogP contribution >= 0.6 is 0 Å². The summed E-state index contributed by atoms with van der Waals surface area (Å²) in [5, 5.41) is 1.18. The quantitative estimate of drug-likeness (QED) is 0.758. The maximum atomic E-state index is 13.1. The monoisotopic (exact) mass is 322 g/mol. The Hall–Kier alpha value is -2.62. The number of carbonyl (C=O) groups excluding carboxylic acids is 1. The minimum Gasteiger partial charge on any atom is -0.358 e. The Morgan fingerprint density at radius 1 is 1.17 bits per heavy atom. The number of fused-ring (bicyclic) bond motifs is 1. The van der Waals surface area contributed by atoms with E-state index in [1.54, 1.807) is 12.1 Å². The van der Waals surface area contributed by atoms with E-state index >= 15 is 0 Å². The predicted octanol–water partition coefficient (Wildman–Crippen LogP) is 4.48. The van der Waals surface area contributed by atoms with Crippen LogP contribution in [0.4, 0.5) is 4.39 Å². The SMILES string of the molecule is Cc1[nH]c2ccccc2c1[C@@H]1CCC(=O)N1Cc1ccc(F)cc1. The first-order valence-corrected chi connectivity index (χ1v) is 8.24. The number of aryl methyl sites for hydroxylation is 1. The largest absolute Gasteiger partial charge is 0.358 e. The van der Waals surface area contributed by atoms with Crippen LogP contribution < -0.4 is 0 Å². The third kappa shape index (κ3) is 2.48. The molecule has 1 aliphatic rings. The molecule has 4 heteroatoms. The van der Waals surface area contributed by atoms with Gasteiger partial charge >= 0.3 is 0 Å². The molecule has 0 radical (unpaired) electrons. The Labute approximate surface area is 140 Å². The lowest BCUT2D eigenvalue weighted by Gasteiger charge is -2.25. The number of carbonyl (C=O) groups is 1. The van der Waals surface area contributed by atoms with Crippen LogP contribution in [-0.4, -0.2) is 15.8 Å². The summed E-state index contributed by atoms with van der Waals surface area (Å²) in [5.74, 6) is -0.0930. The third-order valence-corrected chi connectivity index (χ3v) is 4.87. The molecule has 1 atom stereocenters. The van der Waals surface area contributed by atoms with Crippen molar-refractivity contribution in [3.63, 3.8) is 0 Å². The second-order valence-corrected chi connectivity index (χ2v) is 6.41. The number of halogens is 1. The summed E-state index contributed by atoms with van der Waals surface area (Å²) >= 11 is 0. The Morgan fingerprint density at radius 3 is 2.71 bits per heavy atom. The number of benzene rings is 2. The molecule has 0 bridgehead atoms. The molecule has 0 spiro atoms. The zero-order chi connectivity index (χ0) is 16.7. The Balaban J connectivity index is 1.71. The van der Waals surface area contributed by atoms with E-state index in [2.05, 4.69) is 24.0 Å². The van der Waals surface area contributed by atoms with Gasteiger partial charge in [-0.05, 0) is 37.1 Å². The molecule has 0 unspecified atom stereocenters. The molecule has 3 aromatic rings. The fourth-order valence-corrected chi connectivity index (χ4v) is 3.75. The molecule has 1 amide bonds. The van der Waals surface area contributed by atoms with Crippen molar-refractivity contribution in [3.8, 4) is 0 Å². The number of hydrogen-bond acceptors (Lipinski definition) is 1. The fraction of sp³-hybridized carbons (Fsp3) is 0.250. The predicted molar refractivity (Wildman–Crippen MR) is 92.0 cm³/mol. The molecule has 0 saturated carbocycles. The van der Waals surface area contributed by atoms with Gasteiger partial charge in [0.15, 0.2) is 0 Å². The molecule has 1 fully saturated rings. The average Bonchev–Trinajstić information content (AvgIpc) is 3.09. The van der Waals surface area contributed by atoms with Crippen molar-refractivity contribution < 1.29 is 9.18 Å². The Bertz CT molecular complexity index is 898. The summed E-state index contributed by atoms with van der Waals surface area (Å²) < 4.78 is 13.1. The summed E-state index contributed by atoms with van der Waals surface area (Å²) in [6.45, 7) is 2.58. The number of hydrogen-bond donors (Lipinski definition) is 1. The molecule has 2 heterocycles.